The van der Waals surface area contributed by atoms with E-state index in [9.17, 15) is 0 Å². The van der Waals surface area contributed by atoms with Gasteiger partial charge in [0.15, 0.2) is 11.5 Å². The van der Waals surface area contributed by atoms with Crippen LogP contribution in [0, 0.1) is 0 Å². The molecule has 0 aliphatic heterocycles. The van der Waals surface area contributed by atoms with E-state index in [4.69, 9.17) is 26.9 Å². The molecule has 0 amide bonds. The zero-order valence-electron chi connectivity index (χ0n) is 11.8. The van der Waals surface area contributed by atoms with Gasteiger partial charge in [0, 0.05) is 5.02 Å². The number of hydrazone groups is 1. The minimum atomic E-state index is 0.422. The maximum absolute atomic E-state index is 5.96. The molecule has 0 atom stereocenters. The molecular weight excluding hydrogens is 288 g/mol. The third kappa shape index (κ3) is 4.39. The van der Waals surface area contributed by atoms with Gasteiger partial charge in [-0.2, -0.15) is 5.10 Å². The van der Waals surface area contributed by atoms with Gasteiger partial charge in [-0.15, -0.1) is 0 Å². The third-order valence-corrected chi connectivity index (χ3v) is 3.01. The summed E-state index contributed by atoms with van der Waals surface area (Å²) in [7, 11) is 0. The minimum Gasteiger partial charge on any atom is -0.490 e. The molecule has 21 heavy (non-hydrogen) atoms. The second-order valence-electron chi connectivity index (χ2n) is 4.34. The zero-order valence-corrected chi connectivity index (χ0v) is 12.5. The first-order valence-electron chi connectivity index (χ1n) is 6.60. The average molecular weight is 305 g/mol. The maximum atomic E-state index is 5.96. The van der Waals surface area contributed by atoms with Crippen LogP contribution in [0.4, 0.5) is 0 Å². The molecule has 0 fully saturated rings. The first-order valence-corrected chi connectivity index (χ1v) is 6.98. The number of nitrogens with zero attached hydrogens (tertiary/aromatic N) is 1. The van der Waals surface area contributed by atoms with E-state index in [-0.39, 0.29) is 0 Å². The highest BCUT2D eigenvalue weighted by atomic mass is 35.5. The van der Waals surface area contributed by atoms with Crippen LogP contribution in [0.5, 0.6) is 11.5 Å². The van der Waals surface area contributed by atoms with E-state index >= 15 is 0 Å². The van der Waals surface area contributed by atoms with Crippen molar-refractivity contribution in [2.45, 2.75) is 13.5 Å². The van der Waals surface area contributed by atoms with E-state index in [1.807, 2.05) is 49.4 Å². The van der Waals surface area contributed by atoms with Gasteiger partial charge in [0.2, 0.25) is 0 Å². The molecule has 0 aromatic heterocycles. The van der Waals surface area contributed by atoms with Gasteiger partial charge in [-0.1, -0.05) is 23.7 Å². The van der Waals surface area contributed by atoms with Gasteiger partial charge in [0.25, 0.3) is 0 Å². The second-order valence-corrected chi connectivity index (χ2v) is 4.77. The summed E-state index contributed by atoms with van der Waals surface area (Å²) < 4.78 is 11.4. The van der Waals surface area contributed by atoms with E-state index in [0.717, 1.165) is 11.1 Å². The summed E-state index contributed by atoms with van der Waals surface area (Å²) in [4.78, 5) is 0. The van der Waals surface area contributed by atoms with Crippen molar-refractivity contribution in [3.05, 3.63) is 58.6 Å². The lowest BCUT2D eigenvalue weighted by molar-refractivity contribution is 0.269. The van der Waals surface area contributed by atoms with E-state index in [1.165, 1.54) is 0 Å². The molecule has 0 spiro atoms. The molecule has 0 radical (unpaired) electrons. The van der Waals surface area contributed by atoms with E-state index in [2.05, 4.69) is 5.10 Å². The van der Waals surface area contributed by atoms with Crippen molar-refractivity contribution in [1.82, 2.24) is 0 Å². The molecule has 2 aromatic carbocycles. The van der Waals surface area contributed by atoms with Crippen molar-refractivity contribution in [2.75, 3.05) is 6.61 Å². The first kappa shape index (κ1) is 15.2. The molecule has 2 rings (SSSR count). The Morgan fingerprint density at radius 1 is 1.14 bits per heavy atom. The molecule has 5 heteroatoms. The van der Waals surface area contributed by atoms with Crippen molar-refractivity contribution in [1.29, 1.82) is 0 Å². The topological polar surface area (TPSA) is 56.8 Å². The van der Waals surface area contributed by atoms with Crippen molar-refractivity contribution in [2.24, 2.45) is 10.9 Å². The molecule has 0 bridgehead atoms. The SMILES string of the molecule is CCOc1cc(C=NN)ccc1OCc1cccc(Cl)c1. The summed E-state index contributed by atoms with van der Waals surface area (Å²) in [6.45, 7) is 2.89. The van der Waals surface area contributed by atoms with Gasteiger partial charge < -0.3 is 15.3 Å². The van der Waals surface area contributed by atoms with Crippen LogP contribution in [0.25, 0.3) is 0 Å². The van der Waals surface area contributed by atoms with Crippen molar-refractivity contribution >= 4 is 17.8 Å². The Labute approximate surface area is 129 Å². The van der Waals surface area contributed by atoms with Crippen LogP contribution in [0.15, 0.2) is 47.6 Å². The Bertz CT molecular complexity index is 629. The van der Waals surface area contributed by atoms with Crippen molar-refractivity contribution < 1.29 is 9.47 Å². The van der Waals surface area contributed by atoms with Gasteiger partial charge in [-0.25, -0.2) is 0 Å². The maximum Gasteiger partial charge on any atom is 0.161 e. The number of ether oxygens (including phenoxy) is 2. The van der Waals surface area contributed by atoms with Crippen LogP contribution >= 0.6 is 11.6 Å². The number of hydrogen-bond donors (Lipinski definition) is 1. The highest BCUT2D eigenvalue weighted by Gasteiger charge is 2.06. The monoisotopic (exact) mass is 304 g/mol. The molecular formula is C16H17ClN2O2. The van der Waals surface area contributed by atoms with Crippen LogP contribution < -0.4 is 15.3 Å². The number of benzene rings is 2. The summed E-state index contributed by atoms with van der Waals surface area (Å²) in [5.41, 5.74) is 1.86. The largest absolute Gasteiger partial charge is 0.490 e. The lowest BCUT2D eigenvalue weighted by Crippen LogP contribution is -2.00. The Balaban J connectivity index is 2.14. The average Bonchev–Trinajstić information content (AvgIpc) is 2.47. The summed E-state index contributed by atoms with van der Waals surface area (Å²) in [5.74, 6) is 6.49. The van der Waals surface area contributed by atoms with Crippen molar-refractivity contribution in [3.63, 3.8) is 0 Å². The number of hydrogen-bond acceptors (Lipinski definition) is 4. The molecule has 0 saturated heterocycles. The van der Waals surface area contributed by atoms with Gasteiger partial charge in [-0.05, 0) is 48.4 Å². The summed E-state index contributed by atoms with van der Waals surface area (Å²) in [6.07, 6.45) is 1.56. The highest BCUT2D eigenvalue weighted by Crippen LogP contribution is 2.29. The van der Waals surface area contributed by atoms with E-state index < -0.39 is 0 Å². The lowest BCUT2D eigenvalue weighted by Gasteiger charge is -2.12. The number of nitrogens with two attached hydrogens (primary N) is 1. The molecule has 0 saturated carbocycles. The molecule has 0 aliphatic rings. The molecule has 0 aliphatic carbocycles. The fraction of sp³-hybridized carbons (Fsp3) is 0.188. The molecule has 2 aromatic rings. The highest BCUT2D eigenvalue weighted by molar-refractivity contribution is 6.30. The molecule has 4 nitrogen and oxygen atoms in total. The van der Waals surface area contributed by atoms with Crippen LogP contribution in [0.3, 0.4) is 0 Å². The van der Waals surface area contributed by atoms with Gasteiger partial charge in [-0.3, -0.25) is 0 Å². The standard InChI is InChI=1S/C16H17ClN2O2/c1-2-20-16-9-12(10-19-18)6-7-15(16)21-11-13-4-3-5-14(17)8-13/h3-10H,2,11,18H2,1H3. The quantitative estimate of drug-likeness (QED) is 0.504. The van der Waals surface area contributed by atoms with Crippen molar-refractivity contribution in [3.8, 4) is 11.5 Å². The summed E-state index contributed by atoms with van der Waals surface area (Å²) >= 11 is 5.96. The Hall–Kier alpha value is -2.20. The van der Waals surface area contributed by atoms with Crippen LogP contribution in [0.1, 0.15) is 18.1 Å². The number of rotatable bonds is 6. The second kappa shape index (κ2) is 7.55. The predicted octanol–water partition coefficient (Wildman–Crippen LogP) is 3.61. The van der Waals surface area contributed by atoms with E-state index in [0.29, 0.717) is 29.7 Å². The normalized spacial score (nSPS) is 10.8. The van der Waals surface area contributed by atoms with E-state index in [1.54, 1.807) is 6.21 Å². The summed E-state index contributed by atoms with van der Waals surface area (Å²) in [5, 5.41) is 4.19. The molecule has 2 N–H and O–H groups in total. The Kier molecular flexibility index (Phi) is 5.46. The smallest absolute Gasteiger partial charge is 0.161 e. The number of halogens is 1. The fourth-order valence-corrected chi connectivity index (χ4v) is 2.08. The molecule has 0 heterocycles. The van der Waals surface area contributed by atoms with Crippen LogP contribution in [0.2, 0.25) is 5.02 Å². The zero-order chi connectivity index (χ0) is 15.1. The summed E-state index contributed by atoms with van der Waals surface area (Å²) in [6, 6.07) is 13.1. The fourth-order valence-electron chi connectivity index (χ4n) is 1.87. The van der Waals surface area contributed by atoms with Gasteiger partial charge >= 0.3 is 0 Å². The third-order valence-electron chi connectivity index (χ3n) is 2.77. The van der Waals surface area contributed by atoms with Gasteiger partial charge in [0.05, 0.1) is 12.8 Å². The lowest BCUT2D eigenvalue weighted by atomic mass is 10.2. The Morgan fingerprint density at radius 3 is 2.71 bits per heavy atom. The minimum absolute atomic E-state index is 0.422. The molecule has 0 unspecified atom stereocenters. The van der Waals surface area contributed by atoms with Crippen LogP contribution in [-0.4, -0.2) is 12.8 Å². The predicted molar refractivity (Wildman–Crippen MR) is 85.2 cm³/mol. The molecule has 110 valence electrons. The van der Waals surface area contributed by atoms with Crippen LogP contribution in [-0.2, 0) is 6.61 Å². The first-order chi connectivity index (χ1) is 10.2. The van der Waals surface area contributed by atoms with Gasteiger partial charge in [0.1, 0.15) is 6.61 Å². The Morgan fingerprint density at radius 2 is 2.00 bits per heavy atom.